The lowest BCUT2D eigenvalue weighted by Crippen LogP contribution is -2.41. The molecule has 0 saturated carbocycles. The highest BCUT2D eigenvalue weighted by Gasteiger charge is 2.48. The molecule has 1 amide bonds. The van der Waals surface area contributed by atoms with Crippen LogP contribution in [0.15, 0.2) is 48.5 Å². The van der Waals surface area contributed by atoms with E-state index in [-0.39, 0.29) is 17.8 Å². The van der Waals surface area contributed by atoms with Crippen LogP contribution in [0.1, 0.15) is 18.9 Å². The fraction of sp³-hybridized carbons (Fsp3) is 0.364. The van der Waals surface area contributed by atoms with Crippen LogP contribution in [0.2, 0.25) is 5.02 Å². The summed E-state index contributed by atoms with van der Waals surface area (Å²) >= 11 is 6.13. The Balaban J connectivity index is 1.56. The normalized spacial score (nSPS) is 24.6. The van der Waals surface area contributed by atoms with Crippen LogP contribution in [-0.4, -0.2) is 55.4 Å². The molecule has 2 unspecified atom stereocenters. The van der Waals surface area contributed by atoms with Gasteiger partial charge in [-0.05, 0) is 54.2 Å². The summed E-state index contributed by atoms with van der Waals surface area (Å²) in [6.07, 6.45) is 1.87. The maximum absolute atomic E-state index is 13.4. The number of hydrogen-bond donors (Lipinski definition) is 2. The Morgan fingerprint density at radius 1 is 1.19 bits per heavy atom. The summed E-state index contributed by atoms with van der Waals surface area (Å²) in [5.41, 5.74) is 1.56. The first kappa shape index (κ1) is 21.8. The molecule has 2 saturated heterocycles. The number of benzene rings is 2. The van der Waals surface area contributed by atoms with Crippen LogP contribution >= 0.6 is 11.6 Å². The molecule has 2 aliphatic heterocycles. The van der Waals surface area contributed by atoms with Crippen molar-refractivity contribution in [3.05, 3.63) is 59.1 Å². The van der Waals surface area contributed by atoms with Crippen molar-refractivity contribution in [2.45, 2.75) is 18.9 Å². The molecule has 2 fully saturated rings. The van der Waals surface area contributed by atoms with Gasteiger partial charge in [0.05, 0.1) is 6.26 Å². The smallest absolute Gasteiger partial charge is 0.259 e. The van der Waals surface area contributed by atoms with Crippen LogP contribution in [0.3, 0.4) is 0 Å². The van der Waals surface area contributed by atoms with Gasteiger partial charge in [0.25, 0.3) is 5.91 Å². The summed E-state index contributed by atoms with van der Waals surface area (Å²) in [6.45, 7) is 2.92. The molecule has 2 heterocycles. The highest BCUT2D eigenvalue weighted by atomic mass is 35.5. The van der Waals surface area contributed by atoms with E-state index in [0.29, 0.717) is 31.1 Å². The molecule has 2 aliphatic rings. The van der Waals surface area contributed by atoms with Crippen LogP contribution in [0.5, 0.6) is 0 Å². The number of hydrogen-bond acceptors (Lipinski definition) is 4. The monoisotopic (exact) mass is 460 g/mol. The van der Waals surface area contributed by atoms with Gasteiger partial charge in [0.1, 0.15) is 5.54 Å². The third-order valence-corrected chi connectivity index (χ3v) is 7.57. The van der Waals surface area contributed by atoms with Crippen molar-refractivity contribution in [2.75, 3.05) is 25.9 Å². The lowest BCUT2D eigenvalue weighted by Gasteiger charge is -2.24. The molecule has 2 atom stereocenters. The van der Waals surface area contributed by atoms with Crippen molar-refractivity contribution >= 4 is 33.5 Å². The van der Waals surface area contributed by atoms with Gasteiger partial charge >= 0.3 is 0 Å². The van der Waals surface area contributed by atoms with E-state index in [4.69, 9.17) is 17.0 Å². The molecule has 0 aliphatic carbocycles. The average Bonchev–Trinajstić information content (AvgIpc) is 3.28. The zero-order valence-electron chi connectivity index (χ0n) is 17.4. The van der Waals surface area contributed by atoms with Crippen molar-refractivity contribution in [1.29, 1.82) is 5.41 Å². The van der Waals surface area contributed by atoms with Crippen molar-refractivity contribution < 1.29 is 13.2 Å². The molecule has 31 heavy (non-hydrogen) atoms. The highest BCUT2D eigenvalue weighted by molar-refractivity contribution is 7.88. The quantitative estimate of drug-likeness (QED) is 0.717. The zero-order valence-corrected chi connectivity index (χ0v) is 19.0. The second-order valence-electron chi connectivity index (χ2n) is 8.38. The Hall–Kier alpha value is -2.42. The maximum atomic E-state index is 13.4. The lowest BCUT2D eigenvalue weighted by molar-refractivity contribution is -0.131. The van der Waals surface area contributed by atoms with Crippen LogP contribution in [0.4, 0.5) is 0 Å². The van der Waals surface area contributed by atoms with E-state index in [0.717, 1.165) is 16.7 Å². The molecule has 0 radical (unpaired) electrons. The number of amides is 1. The van der Waals surface area contributed by atoms with Crippen molar-refractivity contribution in [2.24, 2.45) is 5.92 Å². The SMILES string of the molecule is CC1(c2cccc(-c3cccc(Cl)c3)c2)NC(=N)N(CC2CCN(S(C)(=O)=O)C2)C1=O. The fourth-order valence-corrected chi connectivity index (χ4v) is 5.39. The van der Waals surface area contributed by atoms with Crippen LogP contribution in [0, 0.1) is 11.3 Å². The Bertz CT molecular complexity index is 1150. The third kappa shape index (κ3) is 4.20. The Labute approximate surface area is 187 Å². The minimum Gasteiger partial charge on any atom is -0.338 e. The van der Waals surface area contributed by atoms with Gasteiger partial charge in [0, 0.05) is 24.7 Å². The number of carbonyl (C=O) groups excluding carboxylic acids is 1. The molecule has 2 aromatic carbocycles. The summed E-state index contributed by atoms with van der Waals surface area (Å²) in [5, 5.41) is 12.1. The first-order valence-electron chi connectivity index (χ1n) is 10.1. The van der Waals surface area contributed by atoms with E-state index >= 15 is 0 Å². The average molecular weight is 461 g/mol. The van der Waals surface area contributed by atoms with E-state index in [9.17, 15) is 13.2 Å². The predicted octanol–water partition coefficient (Wildman–Crippen LogP) is 2.87. The van der Waals surface area contributed by atoms with Gasteiger partial charge in [-0.3, -0.25) is 15.1 Å². The third-order valence-electron chi connectivity index (χ3n) is 6.07. The van der Waals surface area contributed by atoms with Crippen LogP contribution < -0.4 is 5.32 Å². The molecule has 0 aromatic heterocycles. The number of halogens is 1. The van der Waals surface area contributed by atoms with E-state index in [1.54, 1.807) is 6.92 Å². The molecule has 164 valence electrons. The molecule has 2 aromatic rings. The van der Waals surface area contributed by atoms with Gasteiger partial charge in [0.15, 0.2) is 5.96 Å². The Morgan fingerprint density at radius 3 is 2.52 bits per heavy atom. The minimum atomic E-state index is -3.25. The fourth-order valence-electron chi connectivity index (χ4n) is 4.28. The highest BCUT2D eigenvalue weighted by Crippen LogP contribution is 2.33. The summed E-state index contributed by atoms with van der Waals surface area (Å²) in [6, 6.07) is 15.2. The van der Waals surface area contributed by atoms with Gasteiger partial charge in [-0.25, -0.2) is 12.7 Å². The first-order valence-corrected chi connectivity index (χ1v) is 12.3. The molecule has 7 nitrogen and oxygen atoms in total. The number of carbonyl (C=O) groups is 1. The maximum Gasteiger partial charge on any atom is 0.259 e. The molecule has 9 heteroatoms. The van der Waals surface area contributed by atoms with Gasteiger partial charge in [-0.1, -0.05) is 41.9 Å². The number of nitrogens with zero attached hydrogens (tertiary/aromatic N) is 2. The van der Waals surface area contributed by atoms with Crippen LogP contribution in [-0.2, 0) is 20.4 Å². The van der Waals surface area contributed by atoms with Crippen molar-refractivity contribution in [3.63, 3.8) is 0 Å². The zero-order chi connectivity index (χ0) is 22.4. The van der Waals surface area contributed by atoms with Gasteiger partial charge in [-0.15, -0.1) is 0 Å². The van der Waals surface area contributed by atoms with E-state index in [1.807, 2.05) is 48.5 Å². The molecular formula is C22H25ClN4O3S. The standard InChI is InChI=1S/C22H25ClN4O3S/c1-22(18-7-3-5-16(11-18)17-6-4-8-19(23)12-17)20(28)27(21(24)25-22)14-15-9-10-26(13-15)31(2,29)30/h3-8,11-12,15H,9-10,13-14H2,1-2H3,(H2,24,25). The van der Waals surface area contributed by atoms with E-state index in [1.165, 1.54) is 15.5 Å². The van der Waals surface area contributed by atoms with Gasteiger partial charge in [-0.2, -0.15) is 0 Å². The predicted molar refractivity (Wildman–Crippen MR) is 121 cm³/mol. The summed E-state index contributed by atoms with van der Waals surface area (Å²) < 4.78 is 25.0. The molecule has 4 rings (SSSR count). The lowest BCUT2D eigenvalue weighted by atomic mass is 9.89. The molecule has 2 N–H and O–H groups in total. The largest absolute Gasteiger partial charge is 0.338 e. The first-order chi connectivity index (χ1) is 14.6. The molecular weight excluding hydrogens is 436 g/mol. The Morgan fingerprint density at radius 2 is 1.87 bits per heavy atom. The number of nitrogens with one attached hydrogen (secondary N) is 2. The minimum absolute atomic E-state index is 0.000898. The van der Waals surface area contributed by atoms with Crippen LogP contribution in [0.25, 0.3) is 11.1 Å². The topological polar surface area (TPSA) is 93.6 Å². The second-order valence-corrected chi connectivity index (χ2v) is 10.8. The van der Waals surface area contributed by atoms with Gasteiger partial charge < -0.3 is 5.32 Å². The van der Waals surface area contributed by atoms with E-state index < -0.39 is 15.6 Å². The second kappa shape index (κ2) is 7.93. The van der Waals surface area contributed by atoms with Gasteiger partial charge in [0.2, 0.25) is 10.0 Å². The van der Waals surface area contributed by atoms with Crippen molar-refractivity contribution in [1.82, 2.24) is 14.5 Å². The molecule has 0 spiro atoms. The van der Waals surface area contributed by atoms with Crippen molar-refractivity contribution in [3.8, 4) is 11.1 Å². The summed E-state index contributed by atoms with van der Waals surface area (Å²) in [7, 11) is -3.25. The number of guanidine groups is 1. The summed E-state index contributed by atoms with van der Waals surface area (Å²) in [4.78, 5) is 14.8. The number of sulfonamides is 1. The molecule has 0 bridgehead atoms. The Kier molecular flexibility index (Phi) is 5.57. The van der Waals surface area contributed by atoms with E-state index in [2.05, 4.69) is 5.32 Å². The summed E-state index contributed by atoms with van der Waals surface area (Å²) in [5.74, 6) is -0.169. The number of rotatable bonds is 5.